The number of nitrogens with two attached hydrogens (primary N) is 1. The Labute approximate surface area is 92.8 Å². The average Bonchev–Trinajstić information content (AvgIpc) is 2.30. The van der Waals surface area contributed by atoms with Crippen molar-refractivity contribution in [2.45, 2.75) is 12.3 Å². The summed E-state index contributed by atoms with van der Waals surface area (Å²) in [7, 11) is 1.26. The van der Waals surface area contributed by atoms with E-state index in [0.29, 0.717) is 0 Å². The van der Waals surface area contributed by atoms with Crippen molar-refractivity contribution in [2.75, 3.05) is 20.3 Å². The quantitative estimate of drug-likeness (QED) is 0.818. The molecule has 0 aromatic heterocycles. The molecule has 0 aliphatic rings. The van der Waals surface area contributed by atoms with Gasteiger partial charge in [-0.15, -0.1) is 0 Å². The topological polar surface area (TPSA) is 55.5 Å². The van der Waals surface area contributed by atoms with Gasteiger partial charge in [-0.05, 0) is 6.07 Å². The number of hydrogen-bond acceptors (Lipinski definition) is 3. The van der Waals surface area contributed by atoms with E-state index in [2.05, 4.69) is 4.74 Å². The van der Waals surface area contributed by atoms with Gasteiger partial charge < -0.3 is 15.6 Å². The molecule has 16 heavy (non-hydrogen) atoms. The summed E-state index contributed by atoms with van der Waals surface area (Å²) in [5.74, 6) is -1.48. The maximum absolute atomic E-state index is 13.7. The molecule has 0 heterocycles. The molecular weight excluding hydrogens is 216 g/mol. The highest BCUT2D eigenvalue weighted by Crippen LogP contribution is 2.29. The first-order chi connectivity index (χ1) is 7.48. The third-order valence-corrected chi connectivity index (χ3v) is 2.69. The van der Waals surface area contributed by atoms with E-state index >= 15 is 0 Å². The zero-order valence-corrected chi connectivity index (χ0v) is 9.26. The van der Waals surface area contributed by atoms with Crippen LogP contribution in [-0.4, -0.2) is 25.4 Å². The Morgan fingerprint density at radius 1 is 1.38 bits per heavy atom. The van der Waals surface area contributed by atoms with Gasteiger partial charge in [-0.2, -0.15) is 0 Å². The number of benzene rings is 1. The first-order valence-corrected chi connectivity index (χ1v) is 4.83. The van der Waals surface area contributed by atoms with Crippen LogP contribution in [0.15, 0.2) is 12.1 Å². The van der Waals surface area contributed by atoms with Crippen LogP contribution in [0.4, 0.5) is 8.78 Å². The van der Waals surface area contributed by atoms with Crippen molar-refractivity contribution in [3.8, 4) is 5.75 Å². The summed E-state index contributed by atoms with van der Waals surface area (Å²) in [5.41, 5.74) is 4.52. The molecule has 0 bridgehead atoms. The molecule has 0 radical (unpaired) electrons. The Balaban J connectivity index is 3.30. The van der Waals surface area contributed by atoms with Crippen molar-refractivity contribution in [3.63, 3.8) is 0 Å². The monoisotopic (exact) mass is 231 g/mol. The van der Waals surface area contributed by atoms with Crippen molar-refractivity contribution >= 4 is 0 Å². The summed E-state index contributed by atoms with van der Waals surface area (Å²) in [6.07, 6.45) is 0. The number of hydrogen-bond donors (Lipinski definition) is 2. The molecule has 1 aromatic rings. The van der Waals surface area contributed by atoms with Crippen molar-refractivity contribution in [1.82, 2.24) is 0 Å². The second-order valence-electron chi connectivity index (χ2n) is 3.89. The maximum Gasteiger partial charge on any atom is 0.165 e. The summed E-state index contributed by atoms with van der Waals surface area (Å²) < 4.78 is 31.7. The molecule has 0 saturated carbocycles. The van der Waals surface area contributed by atoms with E-state index in [9.17, 15) is 13.9 Å². The predicted molar refractivity (Wildman–Crippen MR) is 56.4 cm³/mol. The van der Waals surface area contributed by atoms with Gasteiger partial charge in [0.05, 0.1) is 13.7 Å². The first kappa shape index (κ1) is 12.9. The highest BCUT2D eigenvalue weighted by molar-refractivity contribution is 5.35. The van der Waals surface area contributed by atoms with Crippen LogP contribution in [0.25, 0.3) is 0 Å². The fraction of sp³-hybridized carbons (Fsp3) is 0.455. The highest BCUT2D eigenvalue weighted by atomic mass is 19.1. The van der Waals surface area contributed by atoms with Crippen molar-refractivity contribution in [3.05, 3.63) is 29.3 Å². The highest BCUT2D eigenvalue weighted by Gasteiger charge is 2.29. The van der Waals surface area contributed by atoms with Crippen molar-refractivity contribution < 1.29 is 18.6 Å². The zero-order chi connectivity index (χ0) is 12.3. The third kappa shape index (κ3) is 2.15. The molecule has 0 amide bonds. The summed E-state index contributed by atoms with van der Waals surface area (Å²) in [6.45, 7) is 1.23. The zero-order valence-electron chi connectivity index (χ0n) is 9.26. The number of ether oxygens (including phenoxy) is 1. The van der Waals surface area contributed by atoms with Crippen LogP contribution >= 0.6 is 0 Å². The molecule has 0 aliphatic carbocycles. The lowest BCUT2D eigenvalue weighted by molar-refractivity contribution is 0.206. The molecule has 0 aliphatic heterocycles. The lowest BCUT2D eigenvalue weighted by atomic mass is 9.83. The Kier molecular flexibility index (Phi) is 3.83. The summed E-state index contributed by atoms with van der Waals surface area (Å²) >= 11 is 0. The van der Waals surface area contributed by atoms with E-state index in [1.807, 2.05) is 0 Å². The first-order valence-electron chi connectivity index (χ1n) is 4.83. The normalized spacial score (nSPS) is 14.6. The van der Waals surface area contributed by atoms with Gasteiger partial charge in [0.25, 0.3) is 0 Å². The lowest BCUT2D eigenvalue weighted by Crippen LogP contribution is -2.36. The van der Waals surface area contributed by atoms with E-state index in [0.717, 1.165) is 12.1 Å². The second kappa shape index (κ2) is 4.76. The van der Waals surface area contributed by atoms with E-state index in [-0.39, 0.29) is 24.5 Å². The van der Waals surface area contributed by atoms with Crippen LogP contribution < -0.4 is 10.5 Å². The summed E-state index contributed by atoms with van der Waals surface area (Å²) in [6, 6.07) is 1.96. The summed E-state index contributed by atoms with van der Waals surface area (Å²) in [4.78, 5) is 0. The molecule has 1 unspecified atom stereocenters. The number of aliphatic hydroxyl groups is 1. The number of rotatable bonds is 4. The Morgan fingerprint density at radius 2 is 2.00 bits per heavy atom. The molecule has 1 atom stereocenters. The lowest BCUT2D eigenvalue weighted by Gasteiger charge is -2.26. The Bertz CT molecular complexity index is 378. The van der Waals surface area contributed by atoms with Crippen LogP contribution in [0, 0.1) is 11.6 Å². The molecular formula is C11H15F2NO2. The molecule has 1 aromatic carbocycles. The maximum atomic E-state index is 13.7. The van der Waals surface area contributed by atoms with Gasteiger partial charge in [-0.1, -0.05) is 6.92 Å². The van der Waals surface area contributed by atoms with Gasteiger partial charge in [0.1, 0.15) is 5.82 Å². The SMILES string of the molecule is COc1cc(F)c(C(C)(CN)CO)cc1F. The molecule has 90 valence electrons. The van der Waals surface area contributed by atoms with E-state index in [1.165, 1.54) is 7.11 Å². The minimum atomic E-state index is -0.989. The number of aliphatic hydroxyl groups excluding tert-OH is 1. The Morgan fingerprint density at radius 3 is 2.44 bits per heavy atom. The average molecular weight is 231 g/mol. The third-order valence-electron chi connectivity index (χ3n) is 2.69. The fourth-order valence-corrected chi connectivity index (χ4v) is 1.41. The number of halogens is 2. The van der Waals surface area contributed by atoms with Gasteiger partial charge >= 0.3 is 0 Å². The fourth-order valence-electron chi connectivity index (χ4n) is 1.41. The summed E-state index contributed by atoms with van der Waals surface area (Å²) in [5, 5.41) is 9.18. The van der Waals surface area contributed by atoms with E-state index in [4.69, 9.17) is 5.73 Å². The molecule has 0 spiro atoms. The van der Waals surface area contributed by atoms with Gasteiger partial charge in [0.15, 0.2) is 11.6 Å². The largest absolute Gasteiger partial charge is 0.494 e. The van der Waals surface area contributed by atoms with Gasteiger partial charge in [0, 0.05) is 23.6 Å². The number of methoxy groups -OCH3 is 1. The minimum absolute atomic E-state index is 0.0200. The minimum Gasteiger partial charge on any atom is -0.494 e. The van der Waals surface area contributed by atoms with Crippen LogP contribution in [0.2, 0.25) is 0 Å². The molecule has 1 rings (SSSR count). The molecule has 3 N–H and O–H groups in total. The van der Waals surface area contributed by atoms with Crippen LogP contribution in [-0.2, 0) is 5.41 Å². The van der Waals surface area contributed by atoms with Crippen molar-refractivity contribution in [1.29, 1.82) is 0 Å². The van der Waals surface area contributed by atoms with Crippen LogP contribution in [0.1, 0.15) is 12.5 Å². The van der Waals surface area contributed by atoms with Crippen molar-refractivity contribution in [2.24, 2.45) is 5.73 Å². The second-order valence-corrected chi connectivity index (χ2v) is 3.89. The van der Waals surface area contributed by atoms with Crippen LogP contribution in [0.5, 0.6) is 5.75 Å². The van der Waals surface area contributed by atoms with Gasteiger partial charge in [-0.3, -0.25) is 0 Å². The van der Waals surface area contributed by atoms with Gasteiger partial charge in [-0.25, -0.2) is 8.78 Å². The molecule has 0 fully saturated rings. The smallest absolute Gasteiger partial charge is 0.165 e. The molecule has 0 saturated heterocycles. The standard InChI is InChI=1S/C11H15F2NO2/c1-11(5-14,6-15)7-3-9(13)10(16-2)4-8(7)12/h3-4,15H,5-6,14H2,1-2H3. The molecule has 5 heteroatoms. The molecule has 3 nitrogen and oxygen atoms in total. The van der Waals surface area contributed by atoms with Crippen LogP contribution in [0.3, 0.4) is 0 Å². The Hall–Kier alpha value is -1.20. The predicted octanol–water partition coefficient (Wildman–Crippen LogP) is 1.18. The van der Waals surface area contributed by atoms with Gasteiger partial charge in [0.2, 0.25) is 0 Å². The van der Waals surface area contributed by atoms with E-state index < -0.39 is 17.0 Å². The van der Waals surface area contributed by atoms with E-state index in [1.54, 1.807) is 6.92 Å².